The summed E-state index contributed by atoms with van der Waals surface area (Å²) in [5.74, 6) is 0. The molecule has 0 unspecified atom stereocenters. The third-order valence-electron chi connectivity index (χ3n) is 1.64. The number of anilines is 1. The van der Waals surface area contributed by atoms with Gasteiger partial charge in [0, 0.05) is 27.4 Å². The smallest absolute Gasteiger partial charge is 0.170 e. The van der Waals surface area contributed by atoms with Crippen molar-refractivity contribution < 1.29 is 0 Å². The number of imidazole rings is 1. The summed E-state index contributed by atoms with van der Waals surface area (Å²) in [5, 5.41) is 0.871. The molecule has 0 bridgehead atoms. The van der Waals surface area contributed by atoms with Gasteiger partial charge in [-0.2, -0.15) is 0 Å². The molecule has 0 aliphatic heterocycles. The Kier molecular flexibility index (Phi) is 2.79. The molecule has 1 aromatic heterocycles. The topological polar surface area (TPSA) is 54.7 Å². The number of nitrogens with one attached hydrogen (secondary N) is 1. The zero-order valence-corrected chi connectivity index (χ0v) is 9.60. The fourth-order valence-electron chi connectivity index (χ4n) is 1.01. The number of nitrogens with zero attached hydrogens (tertiary/aromatic N) is 1. The lowest BCUT2D eigenvalue weighted by atomic mass is 10.3. The predicted molar refractivity (Wildman–Crippen MR) is 61.3 cm³/mol. The number of H-pyrrole nitrogens is 1. The molecule has 0 radical (unpaired) electrons. The number of rotatable bonds is 2. The summed E-state index contributed by atoms with van der Waals surface area (Å²) in [6.07, 6.45) is 3.53. The van der Waals surface area contributed by atoms with Gasteiger partial charge in [0.25, 0.3) is 0 Å². The van der Waals surface area contributed by atoms with E-state index in [0.717, 1.165) is 20.2 Å². The Hall–Kier alpha value is -0.940. The van der Waals surface area contributed by atoms with Gasteiger partial charge in [-0.05, 0) is 34.1 Å². The van der Waals surface area contributed by atoms with Crippen molar-refractivity contribution in [2.24, 2.45) is 0 Å². The molecule has 0 amide bonds. The maximum atomic E-state index is 5.64. The second-order valence-corrected chi connectivity index (χ2v) is 4.57. The van der Waals surface area contributed by atoms with E-state index in [-0.39, 0.29) is 0 Å². The van der Waals surface area contributed by atoms with Gasteiger partial charge < -0.3 is 10.7 Å². The fourth-order valence-corrected chi connectivity index (χ4v) is 2.39. The van der Waals surface area contributed by atoms with Crippen LogP contribution in [0.15, 0.2) is 45.1 Å². The van der Waals surface area contributed by atoms with E-state index in [0.29, 0.717) is 0 Å². The Morgan fingerprint density at radius 3 is 2.93 bits per heavy atom. The molecule has 0 fully saturated rings. The van der Waals surface area contributed by atoms with Crippen LogP contribution in [0.2, 0.25) is 0 Å². The molecule has 0 spiro atoms. The lowest BCUT2D eigenvalue weighted by Crippen LogP contribution is -1.85. The molecular weight excluding hydrogens is 262 g/mol. The van der Waals surface area contributed by atoms with Crippen molar-refractivity contribution in [1.29, 1.82) is 0 Å². The van der Waals surface area contributed by atoms with Crippen molar-refractivity contribution in [3.8, 4) is 0 Å². The van der Waals surface area contributed by atoms with Crippen LogP contribution in [0.4, 0.5) is 5.69 Å². The first-order chi connectivity index (χ1) is 6.75. The van der Waals surface area contributed by atoms with Crippen LogP contribution in [0.5, 0.6) is 0 Å². The maximum Gasteiger partial charge on any atom is 0.170 e. The van der Waals surface area contributed by atoms with Crippen LogP contribution >= 0.6 is 27.7 Å². The second kappa shape index (κ2) is 4.06. The molecule has 2 rings (SSSR count). The van der Waals surface area contributed by atoms with Gasteiger partial charge in [-0.25, -0.2) is 4.98 Å². The SMILES string of the molecule is Nc1ccc(Sc2ncc[nH]2)c(Br)c1. The first kappa shape index (κ1) is 9.61. The minimum atomic E-state index is 0.751. The molecule has 0 aliphatic rings. The third-order valence-corrected chi connectivity index (χ3v) is 3.55. The lowest BCUT2D eigenvalue weighted by Gasteiger charge is -2.02. The summed E-state index contributed by atoms with van der Waals surface area (Å²) in [6.45, 7) is 0. The monoisotopic (exact) mass is 269 g/mol. The van der Waals surface area contributed by atoms with Crippen molar-refractivity contribution in [1.82, 2.24) is 9.97 Å². The highest BCUT2D eigenvalue weighted by molar-refractivity contribution is 9.10. The lowest BCUT2D eigenvalue weighted by molar-refractivity contribution is 1.06. The number of hydrogen-bond donors (Lipinski definition) is 2. The fraction of sp³-hybridized carbons (Fsp3) is 0. The van der Waals surface area contributed by atoms with Crippen LogP contribution in [0.1, 0.15) is 0 Å². The summed E-state index contributed by atoms with van der Waals surface area (Å²) in [6, 6.07) is 5.72. The third kappa shape index (κ3) is 2.10. The van der Waals surface area contributed by atoms with Gasteiger partial charge in [-0.3, -0.25) is 0 Å². The first-order valence-electron chi connectivity index (χ1n) is 3.98. The summed E-state index contributed by atoms with van der Waals surface area (Å²) >= 11 is 5.01. The maximum absolute atomic E-state index is 5.64. The summed E-state index contributed by atoms with van der Waals surface area (Å²) in [7, 11) is 0. The van der Waals surface area contributed by atoms with Gasteiger partial charge in [0.1, 0.15) is 0 Å². The molecule has 1 aromatic carbocycles. The van der Waals surface area contributed by atoms with Crippen LogP contribution in [0, 0.1) is 0 Å². The molecule has 0 saturated heterocycles. The molecule has 5 heteroatoms. The van der Waals surface area contributed by atoms with E-state index in [1.165, 1.54) is 0 Å². The molecule has 14 heavy (non-hydrogen) atoms. The number of aromatic amines is 1. The van der Waals surface area contributed by atoms with Gasteiger partial charge in [0.15, 0.2) is 5.16 Å². The molecule has 72 valence electrons. The van der Waals surface area contributed by atoms with Crippen molar-refractivity contribution in [2.45, 2.75) is 10.1 Å². The number of nitrogens with two attached hydrogens (primary N) is 1. The van der Waals surface area contributed by atoms with E-state index in [1.54, 1.807) is 24.2 Å². The van der Waals surface area contributed by atoms with Gasteiger partial charge in [0.05, 0.1) is 0 Å². The molecule has 3 nitrogen and oxygen atoms in total. The Labute approximate surface area is 94.2 Å². The number of aromatic nitrogens is 2. The molecule has 1 heterocycles. The van der Waals surface area contributed by atoms with Crippen molar-refractivity contribution in [3.05, 3.63) is 35.1 Å². The summed E-state index contributed by atoms with van der Waals surface area (Å²) in [5.41, 5.74) is 6.39. The summed E-state index contributed by atoms with van der Waals surface area (Å²) in [4.78, 5) is 8.25. The Bertz CT molecular complexity index is 428. The zero-order chi connectivity index (χ0) is 9.97. The van der Waals surface area contributed by atoms with E-state index in [2.05, 4.69) is 25.9 Å². The van der Waals surface area contributed by atoms with Crippen LogP contribution in [0.3, 0.4) is 0 Å². The number of hydrogen-bond acceptors (Lipinski definition) is 3. The van der Waals surface area contributed by atoms with Crippen molar-refractivity contribution in [2.75, 3.05) is 5.73 Å². The van der Waals surface area contributed by atoms with E-state index < -0.39 is 0 Å². The van der Waals surface area contributed by atoms with Crippen molar-refractivity contribution >= 4 is 33.4 Å². The highest BCUT2D eigenvalue weighted by Gasteiger charge is 2.03. The summed E-state index contributed by atoms with van der Waals surface area (Å²) < 4.78 is 0.985. The molecule has 2 aromatic rings. The van der Waals surface area contributed by atoms with Gasteiger partial charge >= 0.3 is 0 Å². The Balaban J connectivity index is 2.25. The second-order valence-electron chi connectivity index (χ2n) is 2.69. The number of halogens is 1. The van der Waals surface area contributed by atoms with Gasteiger partial charge in [-0.1, -0.05) is 11.8 Å². The standard InChI is InChI=1S/C9H8BrN3S/c10-7-5-6(11)1-2-8(7)14-9-12-3-4-13-9/h1-5H,11H2,(H,12,13). The van der Waals surface area contributed by atoms with Crippen LogP contribution in [-0.4, -0.2) is 9.97 Å². The van der Waals surface area contributed by atoms with Crippen LogP contribution in [0.25, 0.3) is 0 Å². The average molecular weight is 270 g/mol. The largest absolute Gasteiger partial charge is 0.399 e. The molecule has 0 saturated carbocycles. The minimum Gasteiger partial charge on any atom is -0.399 e. The minimum absolute atomic E-state index is 0.751. The van der Waals surface area contributed by atoms with Crippen molar-refractivity contribution in [3.63, 3.8) is 0 Å². The van der Waals surface area contributed by atoms with E-state index in [9.17, 15) is 0 Å². The zero-order valence-electron chi connectivity index (χ0n) is 7.20. The molecule has 3 N–H and O–H groups in total. The van der Waals surface area contributed by atoms with E-state index in [4.69, 9.17) is 5.73 Å². The highest BCUT2D eigenvalue weighted by atomic mass is 79.9. The number of nitrogen functional groups attached to an aromatic ring is 1. The quantitative estimate of drug-likeness (QED) is 0.825. The van der Waals surface area contributed by atoms with Gasteiger partial charge in [0.2, 0.25) is 0 Å². The number of benzene rings is 1. The van der Waals surface area contributed by atoms with Crippen LogP contribution < -0.4 is 5.73 Å². The van der Waals surface area contributed by atoms with Gasteiger partial charge in [-0.15, -0.1) is 0 Å². The first-order valence-corrected chi connectivity index (χ1v) is 5.59. The predicted octanol–water partition coefficient (Wildman–Crippen LogP) is 2.91. The Morgan fingerprint density at radius 2 is 2.29 bits per heavy atom. The van der Waals surface area contributed by atoms with E-state index >= 15 is 0 Å². The molecule has 0 aliphatic carbocycles. The Morgan fingerprint density at radius 1 is 1.43 bits per heavy atom. The van der Waals surface area contributed by atoms with Crippen LogP contribution in [-0.2, 0) is 0 Å². The van der Waals surface area contributed by atoms with E-state index in [1.807, 2.05) is 18.2 Å². The highest BCUT2D eigenvalue weighted by Crippen LogP contribution is 2.32. The average Bonchev–Trinajstić information content (AvgIpc) is 2.62. The molecular formula is C9H8BrN3S. The normalized spacial score (nSPS) is 10.4. The molecule has 0 atom stereocenters.